The summed E-state index contributed by atoms with van der Waals surface area (Å²) in [7, 11) is 1.59. The Bertz CT molecular complexity index is 859. The van der Waals surface area contributed by atoms with Crippen LogP contribution in [0.5, 0.6) is 0 Å². The third-order valence-electron chi connectivity index (χ3n) is 5.02. The lowest BCUT2D eigenvalue weighted by molar-refractivity contribution is 0.0544. The van der Waals surface area contributed by atoms with Gasteiger partial charge >= 0.3 is 12.1 Å². The molecule has 2 atom stereocenters. The topological polar surface area (TPSA) is 101 Å². The molecule has 29 heavy (non-hydrogen) atoms. The molecule has 0 saturated carbocycles. The molecule has 1 aromatic carbocycles. The number of nitrogens with one attached hydrogen (secondary N) is 1. The van der Waals surface area contributed by atoms with Crippen LogP contribution >= 0.6 is 0 Å². The van der Waals surface area contributed by atoms with Crippen molar-refractivity contribution in [1.82, 2.24) is 10.3 Å². The SMILES string of the molecule is COC1CN(c2cc(C(=O)O)c(C)cn2)CCC1NC(=O)OCc1ccccc1. The van der Waals surface area contributed by atoms with E-state index in [-0.39, 0.29) is 24.3 Å². The molecule has 0 spiro atoms. The first kappa shape index (κ1) is 20.6. The van der Waals surface area contributed by atoms with E-state index in [1.807, 2.05) is 35.2 Å². The summed E-state index contributed by atoms with van der Waals surface area (Å²) in [5.41, 5.74) is 1.76. The normalized spacial score (nSPS) is 18.9. The number of anilines is 1. The zero-order valence-corrected chi connectivity index (χ0v) is 16.5. The second kappa shape index (κ2) is 9.38. The average Bonchev–Trinajstić information content (AvgIpc) is 2.73. The van der Waals surface area contributed by atoms with Gasteiger partial charge in [0.2, 0.25) is 0 Å². The summed E-state index contributed by atoms with van der Waals surface area (Å²) in [6.45, 7) is 3.01. The molecule has 154 valence electrons. The first-order valence-corrected chi connectivity index (χ1v) is 9.43. The lowest BCUT2D eigenvalue weighted by Crippen LogP contribution is -2.55. The van der Waals surface area contributed by atoms with Gasteiger partial charge in [0.05, 0.1) is 17.7 Å². The predicted molar refractivity (Wildman–Crippen MR) is 107 cm³/mol. The van der Waals surface area contributed by atoms with Crippen LogP contribution in [0.4, 0.5) is 10.6 Å². The van der Waals surface area contributed by atoms with E-state index in [0.717, 1.165) is 5.56 Å². The summed E-state index contributed by atoms with van der Waals surface area (Å²) in [5, 5.41) is 12.2. The molecule has 8 heteroatoms. The number of amides is 1. The molecule has 2 aromatic rings. The van der Waals surface area contributed by atoms with E-state index in [1.165, 1.54) is 0 Å². The fraction of sp³-hybridized carbons (Fsp3) is 0.381. The Kier molecular flexibility index (Phi) is 6.66. The van der Waals surface area contributed by atoms with Gasteiger partial charge in [-0.15, -0.1) is 0 Å². The van der Waals surface area contributed by atoms with E-state index in [2.05, 4.69) is 10.3 Å². The van der Waals surface area contributed by atoms with Gasteiger partial charge < -0.3 is 24.8 Å². The quantitative estimate of drug-likeness (QED) is 0.770. The van der Waals surface area contributed by atoms with Crippen LogP contribution in [0.1, 0.15) is 27.9 Å². The summed E-state index contributed by atoms with van der Waals surface area (Å²) in [6, 6.07) is 10.8. The molecule has 1 fully saturated rings. The Morgan fingerprint density at radius 1 is 1.31 bits per heavy atom. The summed E-state index contributed by atoms with van der Waals surface area (Å²) in [5.74, 6) is -0.396. The van der Waals surface area contributed by atoms with Crippen molar-refractivity contribution < 1.29 is 24.2 Å². The van der Waals surface area contributed by atoms with Gasteiger partial charge in [0.15, 0.2) is 0 Å². The van der Waals surface area contributed by atoms with Crippen molar-refractivity contribution in [2.24, 2.45) is 0 Å². The minimum absolute atomic E-state index is 0.203. The first-order chi connectivity index (χ1) is 14.0. The highest BCUT2D eigenvalue weighted by Gasteiger charge is 2.31. The van der Waals surface area contributed by atoms with Crippen LogP contribution in [-0.4, -0.2) is 54.5 Å². The maximum absolute atomic E-state index is 12.2. The number of alkyl carbamates (subject to hydrolysis) is 1. The van der Waals surface area contributed by atoms with Crippen LogP contribution in [0.3, 0.4) is 0 Å². The summed E-state index contributed by atoms with van der Waals surface area (Å²) in [6.07, 6.45) is 1.42. The number of carboxylic acid groups (broad SMARTS) is 1. The van der Waals surface area contributed by atoms with Crippen molar-refractivity contribution in [2.75, 3.05) is 25.1 Å². The molecule has 3 rings (SSSR count). The van der Waals surface area contributed by atoms with Crippen LogP contribution in [0.25, 0.3) is 0 Å². The third-order valence-corrected chi connectivity index (χ3v) is 5.02. The number of piperidine rings is 1. The van der Waals surface area contributed by atoms with Gasteiger partial charge in [-0.2, -0.15) is 0 Å². The number of rotatable bonds is 6. The number of carboxylic acids is 1. The van der Waals surface area contributed by atoms with Gasteiger partial charge in [0.1, 0.15) is 12.4 Å². The molecule has 1 aliphatic rings. The average molecular weight is 399 g/mol. The molecular formula is C21H25N3O5. The minimum Gasteiger partial charge on any atom is -0.478 e. The second-order valence-electron chi connectivity index (χ2n) is 6.98. The fourth-order valence-electron chi connectivity index (χ4n) is 3.36. The molecule has 2 N–H and O–H groups in total. The number of aryl methyl sites for hydroxylation is 1. The molecule has 1 aromatic heterocycles. The highest BCUT2D eigenvalue weighted by atomic mass is 16.5. The van der Waals surface area contributed by atoms with Crippen molar-refractivity contribution in [2.45, 2.75) is 32.1 Å². The second-order valence-corrected chi connectivity index (χ2v) is 6.98. The fourth-order valence-corrected chi connectivity index (χ4v) is 3.36. The van der Waals surface area contributed by atoms with E-state index in [1.54, 1.807) is 26.3 Å². The molecule has 2 heterocycles. The number of ether oxygens (including phenoxy) is 2. The molecule has 0 aliphatic carbocycles. The van der Waals surface area contributed by atoms with Gasteiger partial charge in [-0.25, -0.2) is 14.6 Å². The van der Waals surface area contributed by atoms with Crippen molar-refractivity contribution in [3.8, 4) is 0 Å². The molecule has 1 saturated heterocycles. The molecule has 0 radical (unpaired) electrons. The highest BCUT2D eigenvalue weighted by Crippen LogP contribution is 2.22. The number of aromatic nitrogens is 1. The largest absolute Gasteiger partial charge is 0.478 e. The Morgan fingerprint density at radius 2 is 2.07 bits per heavy atom. The zero-order chi connectivity index (χ0) is 20.8. The number of benzene rings is 1. The van der Waals surface area contributed by atoms with E-state index in [4.69, 9.17) is 9.47 Å². The van der Waals surface area contributed by atoms with Crippen molar-refractivity contribution in [3.63, 3.8) is 0 Å². The van der Waals surface area contributed by atoms with Crippen molar-refractivity contribution >= 4 is 17.9 Å². The number of methoxy groups -OCH3 is 1. The lowest BCUT2D eigenvalue weighted by Gasteiger charge is -2.38. The van der Waals surface area contributed by atoms with Crippen LogP contribution < -0.4 is 10.2 Å². The van der Waals surface area contributed by atoms with Gasteiger partial charge in [0.25, 0.3) is 0 Å². The molecule has 8 nitrogen and oxygen atoms in total. The van der Waals surface area contributed by atoms with E-state index in [0.29, 0.717) is 30.9 Å². The monoisotopic (exact) mass is 399 g/mol. The maximum atomic E-state index is 12.2. The van der Waals surface area contributed by atoms with Crippen LogP contribution in [0, 0.1) is 6.92 Å². The predicted octanol–water partition coefficient (Wildman–Crippen LogP) is 2.61. The number of nitrogens with zero attached hydrogens (tertiary/aromatic N) is 2. The van der Waals surface area contributed by atoms with E-state index in [9.17, 15) is 14.7 Å². The minimum atomic E-state index is -0.979. The van der Waals surface area contributed by atoms with Crippen molar-refractivity contribution in [3.05, 3.63) is 59.3 Å². The van der Waals surface area contributed by atoms with Gasteiger partial charge in [-0.3, -0.25) is 0 Å². The van der Waals surface area contributed by atoms with Crippen LogP contribution in [0.15, 0.2) is 42.6 Å². The Hall–Kier alpha value is -3.13. The van der Waals surface area contributed by atoms with Gasteiger partial charge in [-0.1, -0.05) is 30.3 Å². The summed E-state index contributed by atoms with van der Waals surface area (Å²) in [4.78, 5) is 29.9. The highest BCUT2D eigenvalue weighted by molar-refractivity contribution is 5.90. The summed E-state index contributed by atoms with van der Waals surface area (Å²) >= 11 is 0. The van der Waals surface area contributed by atoms with Crippen LogP contribution in [0.2, 0.25) is 0 Å². The molecule has 1 amide bonds. The maximum Gasteiger partial charge on any atom is 0.407 e. The molecule has 1 aliphatic heterocycles. The summed E-state index contributed by atoms with van der Waals surface area (Å²) < 4.78 is 10.9. The zero-order valence-electron chi connectivity index (χ0n) is 16.5. The van der Waals surface area contributed by atoms with Crippen LogP contribution in [-0.2, 0) is 16.1 Å². The van der Waals surface area contributed by atoms with E-state index < -0.39 is 12.1 Å². The number of hydrogen-bond donors (Lipinski definition) is 2. The number of pyridine rings is 1. The standard InChI is InChI=1S/C21H25N3O5/c1-14-11-22-19(10-16(14)20(25)26)24-9-8-17(18(12-24)28-2)23-21(27)29-13-15-6-4-3-5-7-15/h3-7,10-11,17-18H,8-9,12-13H2,1-2H3,(H,23,27)(H,25,26). The lowest BCUT2D eigenvalue weighted by atomic mass is 10.0. The number of carbonyl (C=O) groups excluding carboxylic acids is 1. The number of carbonyl (C=O) groups is 2. The van der Waals surface area contributed by atoms with E-state index >= 15 is 0 Å². The van der Waals surface area contributed by atoms with Crippen molar-refractivity contribution in [1.29, 1.82) is 0 Å². The van der Waals surface area contributed by atoms with Gasteiger partial charge in [0, 0.05) is 26.4 Å². The molecule has 0 bridgehead atoms. The molecular weight excluding hydrogens is 374 g/mol. The Labute approximate surface area is 169 Å². The number of hydrogen-bond acceptors (Lipinski definition) is 6. The van der Waals surface area contributed by atoms with Gasteiger partial charge in [-0.05, 0) is 30.5 Å². The molecule has 2 unspecified atom stereocenters. The Balaban J connectivity index is 1.58. The Morgan fingerprint density at radius 3 is 2.76 bits per heavy atom. The smallest absolute Gasteiger partial charge is 0.407 e. The third kappa shape index (κ3) is 5.23. The first-order valence-electron chi connectivity index (χ1n) is 9.43. The number of aromatic carboxylic acids is 1.